The predicted molar refractivity (Wildman–Crippen MR) is 80.4 cm³/mol. The number of rotatable bonds is 8. The van der Waals surface area contributed by atoms with E-state index in [0.29, 0.717) is 44.3 Å². The number of hydrogen-bond acceptors (Lipinski definition) is 2. The molecule has 0 aliphatic rings. The molecule has 0 aliphatic heterocycles. The van der Waals surface area contributed by atoms with E-state index in [9.17, 15) is 18.4 Å². The van der Waals surface area contributed by atoms with Gasteiger partial charge in [-0.1, -0.05) is 13.8 Å². The molecule has 0 bridgehead atoms. The summed E-state index contributed by atoms with van der Waals surface area (Å²) in [6.07, 6.45) is 1.65. The Morgan fingerprint density at radius 1 is 1.14 bits per heavy atom. The van der Waals surface area contributed by atoms with Crippen molar-refractivity contribution in [3.8, 4) is 0 Å². The first-order valence-electron chi connectivity index (χ1n) is 7.40. The summed E-state index contributed by atoms with van der Waals surface area (Å²) in [7, 11) is 0. The SMILES string of the molecule is CC(C)CNC(=O)CCCCNC(=O)c1ccc(F)cc1F. The normalized spacial score (nSPS) is 10.6. The fraction of sp³-hybridized carbons (Fsp3) is 0.500. The number of benzene rings is 1. The average Bonchev–Trinajstić information content (AvgIpc) is 2.44. The molecular weight excluding hydrogens is 290 g/mol. The van der Waals surface area contributed by atoms with Gasteiger partial charge in [0.2, 0.25) is 5.91 Å². The summed E-state index contributed by atoms with van der Waals surface area (Å²) in [6.45, 7) is 5.03. The van der Waals surface area contributed by atoms with Crippen molar-refractivity contribution in [3.63, 3.8) is 0 Å². The molecule has 122 valence electrons. The van der Waals surface area contributed by atoms with Crippen molar-refractivity contribution < 1.29 is 18.4 Å². The summed E-state index contributed by atoms with van der Waals surface area (Å²) < 4.78 is 26.1. The summed E-state index contributed by atoms with van der Waals surface area (Å²) >= 11 is 0. The minimum absolute atomic E-state index is 0.00962. The van der Waals surface area contributed by atoms with Crippen LogP contribution in [0.5, 0.6) is 0 Å². The van der Waals surface area contributed by atoms with Crippen molar-refractivity contribution in [2.45, 2.75) is 33.1 Å². The Labute approximate surface area is 129 Å². The van der Waals surface area contributed by atoms with Crippen LogP contribution in [0, 0.1) is 17.6 Å². The zero-order valence-corrected chi connectivity index (χ0v) is 12.9. The van der Waals surface area contributed by atoms with Crippen LogP contribution in [0.3, 0.4) is 0 Å². The van der Waals surface area contributed by atoms with E-state index in [1.165, 1.54) is 0 Å². The number of carbonyl (C=O) groups excluding carboxylic acids is 2. The Morgan fingerprint density at radius 2 is 1.86 bits per heavy atom. The Bertz CT molecular complexity index is 519. The van der Waals surface area contributed by atoms with Crippen LogP contribution in [0.15, 0.2) is 18.2 Å². The standard InChI is InChI=1S/C16H22F2N2O2/c1-11(2)10-20-15(21)5-3-4-8-19-16(22)13-7-6-12(17)9-14(13)18/h6-7,9,11H,3-5,8,10H2,1-2H3,(H,19,22)(H,20,21). The highest BCUT2D eigenvalue weighted by molar-refractivity contribution is 5.94. The topological polar surface area (TPSA) is 58.2 Å². The van der Waals surface area contributed by atoms with E-state index in [2.05, 4.69) is 10.6 Å². The van der Waals surface area contributed by atoms with Gasteiger partial charge in [-0.05, 0) is 30.9 Å². The Hall–Kier alpha value is -1.98. The zero-order valence-electron chi connectivity index (χ0n) is 12.9. The van der Waals surface area contributed by atoms with Gasteiger partial charge in [0.1, 0.15) is 11.6 Å². The van der Waals surface area contributed by atoms with E-state index in [4.69, 9.17) is 0 Å². The van der Waals surface area contributed by atoms with Gasteiger partial charge in [-0.3, -0.25) is 9.59 Å². The number of hydrogen-bond donors (Lipinski definition) is 2. The van der Waals surface area contributed by atoms with Crippen molar-refractivity contribution in [1.82, 2.24) is 10.6 Å². The summed E-state index contributed by atoms with van der Waals surface area (Å²) in [5.41, 5.74) is -0.184. The van der Waals surface area contributed by atoms with Gasteiger partial charge in [0.05, 0.1) is 5.56 Å². The van der Waals surface area contributed by atoms with Crippen molar-refractivity contribution in [2.75, 3.05) is 13.1 Å². The van der Waals surface area contributed by atoms with Crippen molar-refractivity contribution >= 4 is 11.8 Å². The number of carbonyl (C=O) groups is 2. The van der Waals surface area contributed by atoms with Crippen LogP contribution in [0.2, 0.25) is 0 Å². The van der Waals surface area contributed by atoms with E-state index in [-0.39, 0.29) is 11.5 Å². The first kappa shape index (κ1) is 18.1. The molecule has 0 heterocycles. The van der Waals surface area contributed by atoms with Crippen molar-refractivity contribution in [3.05, 3.63) is 35.4 Å². The maximum Gasteiger partial charge on any atom is 0.254 e. The molecule has 0 saturated carbocycles. The summed E-state index contributed by atoms with van der Waals surface area (Å²) in [4.78, 5) is 23.2. The van der Waals surface area contributed by atoms with Crippen LogP contribution >= 0.6 is 0 Å². The second-order valence-electron chi connectivity index (χ2n) is 5.54. The first-order valence-corrected chi connectivity index (χ1v) is 7.40. The lowest BCUT2D eigenvalue weighted by Crippen LogP contribution is -2.28. The quantitative estimate of drug-likeness (QED) is 0.725. The molecule has 1 aromatic carbocycles. The van der Waals surface area contributed by atoms with E-state index in [0.717, 1.165) is 12.1 Å². The average molecular weight is 312 g/mol. The van der Waals surface area contributed by atoms with Gasteiger partial charge in [-0.25, -0.2) is 8.78 Å². The maximum absolute atomic E-state index is 13.4. The number of halogens is 2. The molecule has 0 radical (unpaired) electrons. The largest absolute Gasteiger partial charge is 0.356 e. The molecular formula is C16H22F2N2O2. The molecule has 1 rings (SSSR count). The fourth-order valence-corrected chi connectivity index (χ4v) is 1.79. The van der Waals surface area contributed by atoms with Gasteiger partial charge in [-0.2, -0.15) is 0 Å². The third-order valence-corrected chi connectivity index (χ3v) is 3.00. The highest BCUT2D eigenvalue weighted by Gasteiger charge is 2.11. The molecule has 2 N–H and O–H groups in total. The number of nitrogens with one attached hydrogen (secondary N) is 2. The maximum atomic E-state index is 13.4. The molecule has 1 aromatic rings. The second kappa shape index (κ2) is 9.12. The van der Waals surface area contributed by atoms with Crippen LogP contribution in [0.25, 0.3) is 0 Å². The second-order valence-corrected chi connectivity index (χ2v) is 5.54. The predicted octanol–water partition coefficient (Wildman–Crippen LogP) is 2.64. The Kier molecular flexibility index (Phi) is 7.49. The third-order valence-electron chi connectivity index (χ3n) is 3.00. The lowest BCUT2D eigenvalue weighted by molar-refractivity contribution is -0.121. The Balaban J connectivity index is 2.21. The molecule has 4 nitrogen and oxygen atoms in total. The minimum atomic E-state index is -0.884. The van der Waals surface area contributed by atoms with Gasteiger partial charge in [0.25, 0.3) is 5.91 Å². The lowest BCUT2D eigenvalue weighted by Gasteiger charge is -2.08. The molecule has 22 heavy (non-hydrogen) atoms. The third kappa shape index (κ3) is 6.65. The summed E-state index contributed by atoms with van der Waals surface area (Å²) in [6, 6.07) is 2.82. The van der Waals surface area contributed by atoms with Gasteiger partial charge >= 0.3 is 0 Å². The molecule has 0 saturated heterocycles. The van der Waals surface area contributed by atoms with Crippen LogP contribution in [0.4, 0.5) is 8.78 Å². The molecule has 2 amide bonds. The van der Waals surface area contributed by atoms with Crippen LogP contribution in [-0.2, 0) is 4.79 Å². The molecule has 0 atom stereocenters. The molecule has 0 spiro atoms. The summed E-state index contributed by atoms with van der Waals surface area (Å²) in [5, 5.41) is 5.36. The molecule has 0 unspecified atom stereocenters. The first-order chi connectivity index (χ1) is 10.4. The lowest BCUT2D eigenvalue weighted by atomic mass is 10.2. The zero-order chi connectivity index (χ0) is 16.5. The molecule has 6 heteroatoms. The van der Waals surface area contributed by atoms with E-state index >= 15 is 0 Å². The highest BCUT2D eigenvalue weighted by Crippen LogP contribution is 2.09. The molecule has 0 fully saturated rings. The van der Waals surface area contributed by atoms with Crippen molar-refractivity contribution in [2.24, 2.45) is 5.92 Å². The highest BCUT2D eigenvalue weighted by atomic mass is 19.1. The Morgan fingerprint density at radius 3 is 2.50 bits per heavy atom. The monoisotopic (exact) mass is 312 g/mol. The smallest absolute Gasteiger partial charge is 0.254 e. The number of amides is 2. The van der Waals surface area contributed by atoms with Gasteiger partial charge in [0, 0.05) is 25.6 Å². The van der Waals surface area contributed by atoms with Gasteiger partial charge in [0.15, 0.2) is 0 Å². The van der Waals surface area contributed by atoms with Gasteiger partial charge < -0.3 is 10.6 Å². The molecule has 0 aliphatic carbocycles. The van der Waals surface area contributed by atoms with Crippen LogP contribution in [0.1, 0.15) is 43.5 Å². The number of unbranched alkanes of at least 4 members (excludes halogenated alkanes) is 1. The van der Waals surface area contributed by atoms with Crippen LogP contribution < -0.4 is 10.6 Å². The van der Waals surface area contributed by atoms with E-state index < -0.39 is 17.5 Å². The molecule has 0 aromatic heterocycles. The van der Waals surface area contributed by atoms with Crippen LogP contribution in [-0.4, -0.2) is 24.9 Å². The van der Waals surface area contributed by atoms with E-state index in [1.807, 2.05) is 13.8 Å². The summed E-state index contributed by atoms with van der Waals surface area (Å²) in [5.74, 6) is -1.78. The van der Waals surface area contributed by atoms with Gasteiger partial charge in [-0.15, -0.1) is 0 Å². The fourth-order valence-electron chi connectivity index (χ4n) is 1.79. The minimum Gasteiger partial charge on any atom is -0.356 e. The van der Waals surface area contributed by atoms with Crippen molar-refractivity contribution in [1.29, 1.82) is 0 Å². The van der Waals surface area contributed by atoms with E-state index in [1.54, 1.807) is 0 Å².